The van der Waals surface area contributed by atoms with Crippen LogP contribution >= 0.6 is 0 Å². The number of anilines is 1. The first-order valence-electron chi connectivity index (χ1n) is 11.0. The van der Waals surface area contributed by atoms with E-state index in [2.05, 4.69) is 25.5 Å². The smallest absolute Gasteiger partial charge is 0.317 e. The quantitative estimate of drug-likeness (QED) is 0.468. The third-order valence-corrected chi connectivity index (χ3v) is 7.79. The van der Waals surface area contributed by atoms with Crippen LogP contribution in [0.3, 0.4) is 0 Å². The minimum absolute atomic E-state index is 0.0190. The molecule has 2 fully saturated rings. The molecule has 0 unspecified atom stereocenters. The highest BCUT2D eigenvalue weighted by atomic mass is 32.2. The number of amides is 3. The maximum atomic E-state index is 12.9. The topological polar surface area (TPSA) is 154 Å². The van der Waals surface area contributed by atoms with Crippen LogP contribution in [0.2, 0.25) is 0 Å². The summed E-state index contributed by atoms with van der Waals surface area (Å²) in [5, 5.41) is 5.40. The van der Waals surface area contributed by atoms with Gasteiger partial charge in [0.2, 0.25) is 10.0 Å². The third kappa shape index (κ3) is 5.11. The molecule has 2 aromatic rings. The zero-order valence-electron chi connectivity index (χ0n) is 18.9. The molecule has 0 atom stereocenters. The Hall–Kier alpha value is -3.29. The van der Waals surface area contributed by atoms with Gasteiger partial charge in [-0.05, 0) is 19.2 Å². The van der Waals surface area contributed by atoms with Crippen molar-refractivity contribution in [1.82, 2.24) is 34.7 Å². The summed E-state index contributed by atoms with van der Waals surface area (Å²) in [4.78, 5) is 36.5. The number of hydrogen-bond acceptors (Lipinski definition) is 8. The van der Waals surface area contributed by atoms with Gasteiger partial charge in [-0.1, -0.05) is 12.1 Å². The van der Waals surface area contributed by atoms with Crippen molar-refractivity contribution in [3.8, 4) is 11.3 Å². The molecule has 2 aliphatic rings. The zero-order valence-corrected chi connectivity index (χ0v) is 19.7. The molecule has 1 aromatic carbocycles. The highest BCUT2D eigenvalue weighted by Gasteiger charge is 2.27. The summed E-state index contributed by atoms with van der Waals surface area (Å²) in [7, 11) is -1.61. The number of nitrogens with zero attached hydrogens (tertiary/aromatic N) is 5. The molecule has 0 spiro atoms. The van der Waals surface area contributed by atoms with E-state index in [1.54, 1.807) is 17.0 Å². The predicted octanol–water partition coefficient (Wildman–Crippen LogP) is -0.583. The first-order valence-corrected chi connectivity index (χ1v) is 12.4. The molecular weight excluding hydrogens is 460 g/mol. The Kier molecular flexibility index (Phi) is 6.95. The van der Waals surface area contributed by atoms with Crippen LogP contribution in [-0.2, 0) is 10.0 Å². The lowest BCUT2D eigenvalue weighted by molar-refractivity contribution is 0.0946. The predicted molar refractivity (Wildman–Crippen MR) is 125 cm³/mol. The standard InChI is InChI=1S/C21H28N8O4S/c1-27-10-12-29(13-11-27)34(32,33)16-4-2-15(3-5-16)17-14-25-19(22)18(26-17)20(30)23-6-8-28-9-7-24-21(28)31/h2-5,14H,6-13H2,1H3,(H2,22,25)(H,23,30)(H,24,31). The van der Waals surface area contributed by atoms with E-state index in [0.29, 0.717) is 57.1 Å². The van der Waals surface area contributed by atoms with Crippen LogP contribution in [0, 0.1) is 0 Å². The SMILES string of the molecule is CN1CCN(S(=O)(=O)c2ccc(-c3cnc(N)c(C(=O)NCCN4CCNC4=O)n3)cc2)CC1. The van der Waals surface area contributed by atoms with Gasteiger partial charge < -0.3 is 26.2 Å². The lowest BCUT2D eigenvalue weighted by Crippen LogP contribution is -2.46. The molecule has 0 radical (unpaired) electrons. The van der Waals surface area contributed by atoms with Crippen LogP contribution in [0.4, 0.5) is 10.6 Å². The van der Waals surface area contributed by atoms with Crippen molar-refractivity contribution in [2.45, 2.75) is 4.90 Å². The van der Waals surface area contributed by atoms with E-state index in [-0.39, 0.29) is 29.0 Å². The Morgan fingerprint density at radius 1 is 1.15 bits per heavy atom. The summed E-state index contributed by atoms with van der Waals surface area (Å²) in [5.41, 5.74) is 6.83. The number of nitrogen functional groups attached to an aromatic ring is 1. The molecule has 182 valence electrons. The Labute approximate surface area is 198 Å². The summed E-state index contributed by atoms with van der Waals surface area (Å²) in [5.74, 6) is -0.518. The maximum Gasteiger partial charge on any atom is 0.317 e. The fourth-order valence-corrected chi connectivity index (χ4v) is 5.21. The highest BCUT2D eigenvalue weighted by molar-refractivity contribution is 7.89. The number of carbonyl (C=O) groups is 2. The van der Waals surface area contributed by atoms with Gasteiger partial charge in [0.1, 0.15) is 0 Å². The summed E-state index contributed by atoms with van der Waals surface area (Å²) in [6.07, 6.45) is 1.44. The number of urea groups is 1. The molecule has 4 N–H and O–H groups in total. The summed E-state index contributed by atoms with van der Waals surface area (Å²) < 4.78 is 27.3. The second kappa shape index (κ2) is 9.91. The van der Waals surface area contributed by atoms with Crippen LogP contribution in [-0.4, -0.2) is 104 Å². The van der Waals surface area contributed by atoms with E-state index in [1.165, 1.54) is 22.6 Å². The van der Waals surface area contributed by atoms with E-state index in [4.69, 9.17) is 5.73 Å². The molecule has 0 bridgehead atoms. The molecule has 0 saturated carbocycles. The van der Waals surface area contributed by atoms with E-state index in [1.807, 2.05) is 7.05 Å². The molecular formula is C21H28N8O4S. The fourth-order valence-electron chi connectivity index (χ4n) is 3.79. The van der Waals surface area contributed by atoms with Crippen molar-refractivity contribution in [2.75, 3.05) is 65.1 Å². The first-order chi connectivity index (χ1) is 16.3. The average Bonchev–Trinajstić information content (AvgIpc) is 3.24. The number of nitrogens with two attached hydrogens (primary N) is 1. The second-order valence-electron chi connectivity index (χ2n) is 8.20. The molecule has 3 amide bonds. The monoisotopic (exact) mass is 488 g/mol. The largest absolute Gasteiger partial charge is 0.382 e. The van der Waals surface area contributed by atoms with Crippen molar-refractivity contribution in [3.05, 3.63) is 36.2 Å². The molecule has 4 rings (SSSR count). The Morgan fingerprint density at radius 3 is 2.50 bits per heavy atom. The molecule has 13 heteroatoms. The average molecular weight is 489 g/mol. The van der Waals surface area contributed by atoms with Crippen molar-refractivity contribution in [1.29, 1.82) is 0 Å². The van der Waals surface area contributed by atoms with Gasteiger partial charge in [0.15, 0.2) is 11.5 Å². The number of rotatable bonds is 7. The summed E-state index contributed by atoms with van der Waals surface area (Å²) in [6.45, 7) is 4.07. The Bertz CT molecular complexity index is 1160. The lowest BCUT2D eigenvalue weighted by Gasteiger charge is -2.31. The molecule has 0 aliphatic carbocycles. The number of likely N-dealkylation sites (N-methyl/N-ethyl adjacent to an activating group) is 1. The lowest BCUT2D eigenvalue weighted by atomic mass is 10.1. The Balaban J connectivity index is 1.44. The Morgan fingerprint density at radius 2 is 1.85 bits per heavy atom. The number of hydrogen-bond donors (Lipinski definition) is 3. The van der Waals surface area contributed by atoms with Gasteiger partial charge >= 0.3 is 6.03 Å². The van der Waals surface area contributed by atoms with Crippen molar-refractivity contribution in [2.24, 2.45) is 0 Å². The third-order valence-electron chi connectivity index (χ3n) is 5.88. The number of aromatic nitrogens is 2. The number of benzene rings is 1. The van der Waals surface area contributed by atoms with Crippen LogP contribution in [0.1, 0.15) is 10.5 Å². The highest BCUT2D eigenvalue weighted by Crippen LogP contribution is 2.23. The molecule has 12 nitrogen and oxygen atoms in total. The summed E-state index contributed by atoms with van der Waals surface area (Å²) >= 11 is 0. The second-order valence-corrected chi connectivity index (χ2v) is 10.1. The van der Waals surface area contributed by atoms with E-state index < -0.39 is 15.9 Å². The van der Waals surface area contributed by atoms with Crippen LogP contribution in [0.5, 0.6) is 0 Å². The minimum Gasteiger partial charge on any atom is -0.382 e. The maximum absolute atomic E-state index is 12.9. The molecule has 2 saturated heterocycles. The van der Waals surface area contributed by atoms with Gasteiger partial charge in [-0.3, -0.25) is 4.79 Å². The molecule has 2 aliphatic heterocycles. The van der Waals surface area contributed by atoms with E-state index in [9.17, 15) is 18.0 Å². The van der Waals surface area contributed by atoms with Gasteiger partial charge in [0, 0.05) is 57.9 Å². The van der Waals surface area contributed by atoms with Crippen molar-refractivity contribution < 1.29 is 18.0 Å². The summed E-state index contributed by atoms with van der Waals surface area (Å²) in [6, 6.07) is 6.17. The van der Waals surface area contributed by atoms with Gasteiger partial charge in [0.05, 0.1) is 16.8 Å². The van der Waals surface area contributed by atoms with Crippen molar-refractivity contribution >= 4 is 27.8 Å². The zero-order chi connectivity index (χ0) is 24.3. The van der Waals surface area contributed by atoms with Crippen molar-refractivity contribution in [3.63, 3.8) is 0 Å². The van der Waals surface area contributed by atoms with Gasteiger partial charge in [-0.15, -0.1) is 0 Å². The van der Waals surface area contributed by atoms with Crippen LogP contribution in [0.25, 0.3) is 11.3 Å². The van der Waals surface area contributed by atoms with E-state index in [0.717, 1.165) is 0 Å². The van der Waals surface area contributed by atoms with Gasteiger partial charge in [-0.25, -0.2) is 23.2 Å². The molecule has 3 heterocycles. The normalized spacial score (nSPS) is 17.6. The fraction of sp³-hybridized carbons (Fsp3) is 0.429. The van der Waals surface area contributed by atoms with E-state index >= 15 is 0 Å². The van der Waals surface area contributed by atoms with Gasteiger partial charge in [0.25, 0.3) is 5.91 Å². The minimum atomic E-state index is -3.58. The number of piperazine rings is 1. The first kappa shape index (κ1) is 23.9. The molecule has 34 heavy (non-hydrogen) atoms. The van der Waals surface area contributed by atoms with Crippen LogP contribution < -0.4 is 16.4 Å². The number of carbonyl (C=O) groups excluding carboxylic acids is 2. The number of sulfonamides is 1. The van der Waals surface area contributed by atoms with Crippen LogP contribution in [0.15, 0.2) is 35.4 Å². The molecule has 1 aromatic heterocycles. The number of nitrogens with one attached hydrogen (secondary N) is 2. The van der Waals surface area contributed by atoms with Gasteiger partial charge in [-0.2, -0.15) is 4.31 Å².